The van der Waals surface area contributed by atoms with Gasteiger partial charge in [-0.05, 0) is 44.5 Å². The van der Waals surface area contributed by atoms with E-state index in [0.29, 0.717) is 31.5 Å². The molecular formula is C19H29N3O4. The lowest BCUT2D eigenvalue weighted by molar-refractivity contribution is 0.0437. The van der Waals surface area contributed by atoms with Gasteiger partial charge in [-0.2, -0.15) is 0 Å². The third kappa shape index (κ3) is 6.93. The molecule has 0 aliphatic carbocycles. The molecule has 0 aliphatic heterocycles. The molecule has 0 fully saturated rings. The number of hydrogen-bond donors (Lipinski definition) is 3. The van der Waals surface area contributed by atoms with Gasteiger partial charge in [-0.15, -0.1) is 0 Å². The van der Waals surface area contributed by atoms with Gasteiger partial charge < -0.3 is 29.3 Å². The molecule has 2 aromatic heterocycles. The molecule has 0 saturated heterocycles. The molecule has 144 valence electrons. The van der Waals surface area contributed by atoms with Gasteiger partial charge in [0.1, 0.15) is 17.1 Å². The topological polar surface area (TPSA) is 92.2 Å². The summed E-state index contributed by atoms with van der Waals surface area (Å²) in [6.45, 7) is 6.67. The van der Waals surface area contributed by atoms with Crippen LogP contribution in [0.5, 0.6) is 0 Å². The maximum Gasteiger partial charge on any atom is 0.191 e. The highest BCUT2D eigenvalue weighted by Gasteiger charge is 2.26. The van der Waals surface area contributed by atoms with Crippen LogP contribution in [0.2, 0.25) is 0 Å². The van der Waals surface area contributed by atoms with Crippen molar-refractivity contribution in [3.63, 3.8) is 0 Å². The lowest BCUT2D eigenvalue weighted by Gasteiger charge is -2.19. The summed E-state index contributed by atoms with van der Waals surface area (Å²) in [4.78, 5) is 4.50. The molecule has 0 aliphatic rings. The average Bonchev–Trinajstić information content (AvgIpc) is 3.32. The first-order valence-corrected chi connectivity index (χ1v) is 9.00. The zero-order valence-electron chi connectivity index (χ0n) is 15.5. The summed E-state index contributed by atoms with van der Waals surface area (Å²) in [7, 11) is 0. The summed E-state index contributed by atoms with van der Waals surface area (Å²) in [6, 6.07) is 7.31. The van der Waals surface area contributed by atoms with Gasteiger partial charge >= 0.3 is 0 Å². The predicted molar refractivity (Wildman–Crippen MR) is 100 cm³/mol. The van der Waals surface area contributed by atoms with Gasteiger partial charge in [0.05, 0.1) is 19.1 Å². The number of furan rings is 2. The first-order valence-electron chi connectivity index (χ1n) is 9.00. The number of aliphatic hydroxyl groups is 1. The molecule has 26 heavy (non-hydrogen) atoms. The van der Waals surface area contributed by atoms with Gasteiger partial charge in [0.15, 0.2) is 5.96 Å². The van der Waals surface area contributed by atoms with E-state index >= 15 is 0 Å². The molecule has 0 saturated carbocycles. The second kappa shape index (κ2) is 10.7. The third-order valence-corrected chi connectivity index (χ3v) is 3.80. The third-order valence-electron chi connectivity index (χ3n) is 3.80. The molecule has 7 heteroatoms. The molecule has 1 atom stereocenters. The molecule has 0 amide bonds. The molecule has 0 spiro atoms. The van der Waals surface area contributed by atoms with Gasteiger partial charge in [-0.25, -0.2) is 4.99 Å². The van der Waals surface area contributed by atoms with Crippen LogP contribution in [-0.2, 0) is 16.8 Å². The van der Waals surface area contributed by atoms with Crippen molar-refractivity contribution in [3.8, 4) is 0 Å². The smallest absolute Gasteiger partial charge is 0.191 e. The van der Waals surface area contributed by atoms with Crippen molar-refractivity contribution in [1.82, 2.24) is 10.6 Å². The molecule has 1 unspecified atom stereocenters. The molecule has 7 nitrogen and oxygen atoms in total. The first kappa shape index (κ1) is 20.1. The highest BCUT2D eigenvalue weighted by atomic mass is 16.5. The van der Waals surface area contributed by atoms with Crippen LogP contribution in [0.4, 0.5) is 0 Å². The van der Waals surface area contributed by atoms with Gasteiger partial charge in [0.2, 0.25) is 0 Å². The summed E-state index contributed by atoms with van der Waals surface area (Å²) in [5, 5.41) is 17.1. The number of nitrogens with one attached hydrogen (secondary N) is 2. The van der Waals surface area contributed by atoms with Crippen LogP contribution in [0.15, 0.2) is 50.6 Å². The van der Waals surface area contributed by atoms with E-state index < -0.39 is 5.60 Å². The number of hydrogen-bond acceptors (Lipinski definition) is 5. The number of guanidine groups is 1. The van der Waals surface area contributed by atoms with Crippen molar-refractivity contribution < 1.29 is 18.7 Å². The summed E-state index contributed by atoms with van der Waals surface area (Å²) >= 11 is 0. The number of rotatable bonds is 11. The van der Waals surface area contributed by atoms with E-state index in [1.165, 1.54) is 0 Å². The molecule has 2 heterocycles. The Kier molecular flexibility index (Phi) is 8.24. The van der Waals surface area contributed by atoms with Gasteiger partial charge in [-0.1, -0.05) is 0 Å². The maximum atomic E-state index is 10.5. The minimum absolute atomic E-state index is 0.183. The fraction of sp³-hybridized carbons (Fsp3) is 0.526. The molecule has 2 aromatic rings. The van der Waals surface area contributed by atoms with E-state index in [1.807, 2.05) is 19.1 Å². The summed E-state index contributed by atoms with van der Waals surface area (Å²) in [6.07, 6.45) is 4.83. The van der Waals surface area contributed by atoms with Crippen molar-refractivity contribution in [1.29, 1.82) is 0 Å². The van der Waals surface area contributed by atoms with Crippen LogP contribution >= 0.6 is 0 Å². The fourth-order valence-corrected chi connectivity index (χ4v) is 2.35. The Labute approximate surface area is 154 Å². The summed E-state index contributed by atoms with van der Waals surface area (Å²) in [5.74, 6) is 2.04. The maximum absolute atomic E-state index is 10.5. The van der Waals surface area contributed by atoms with E-state index in [9.17, 15) is 5.11 Å². The molecule has 2 rings (SSSR count). The van der Waals surface area contributed by atoms with Gasteiger partial charge in [0.25, 0.3) is 0 Å². The van der Waals surface area contributed by atoms with E-state index in [0.717, 1.165) is 25.1 Å². The van der Waals surface area contributed by atoms with Crippen molar-refractivity contribution in [3.05, 3.63) is 48.3 Å². The lowest BCUT2D eigenvalue weighted by atomic mass is 10.0. The Hall–Kier alpha value is -2.25. The molecule has 0 radical (unpaired) electrons. The van der Waals surface area contributed by atoms with E-state index in [2.05, 4.69) is 15.6 Å². The number of aliphatic imine (C=N–C) groups is 1. The monoisotopic (exact) mass is 363 g/mol. The molecule has 0 bridgehead atoms. The zero-order chi connectivity index (χ0) is 18.7. The SMILES string of the molecule is CCOCCCNC(=NCC(C)(O)c1ccco1)NCCc1ccco1. The van der Waals surface area contributed by atoms with Crippen molar-refractivity contribution in [2.24, 2.45) is 4.99 Å². The predicted octanol–water partition coefficient (Wildman–Crippen LogP) is 2.28. The Bertz CT molecular complexity index is 621. The summed E-state index contributed by atoms with van der Waals surface area (Å²) < 4.78 is 16.0. The molecule has 3 N–H and O–H groups in total. The standard InChI is InChI=1S/C19H29N3O4/c1-3-24-12-6-10-20-18(21-11-9-16-7-4-13-25-16)22-15-19(2,23)17-8-5-14-26-17/h4-5,7-8,13-14,23H,3,6,9-12,15H2,1-2H3,(H2,20,21,22). The van der Waals surface area contributed by atoms with Crippen LogP contribution in [0.1, 0.15) is 31.8 Å². The van der Waals surface area contributed by atoms with Crippen molar-refractivity contribution >= 4 is 5.96 Å². The fourth-order valence-electron chi connectivity index (χ4n) is 2.35. The van der Waals surface area contributed by atoms with Crippen LogP contribution in [0.3, 0.4) is 0 Å². The van der Waals surface area contributed by atoms with Crippen LogP contribution in [0.25, 0.3) is 0 Å². The number of ether oxygens (including phenoxy) is 1. The average molecular weight is 363 g/mol. The van der Waals surface area contributed by atoms with Crippen LogP contribution in [-0.4, -0.2) is 43.9 Å². The lowest BCUT2D eigenvalue weighted by Crippen LogP contribution is -2.40. The second-order valence-electron chi connectivity index (χ2n) is 6.15. The Morgan fingerprint density at radius 1 is 1.19 bits per heavy atom. The first-order chi connectivity index (χ1) is 12.6. The normalized spacial score (nSPS) is 14.2. The zero-order valence-corrected chi connectivity index (χ0v) is 15.5. The number of nitrogens with zero attached hydrogens (tertiary/aromatic N) is 1. The minimum Gasteiger partial charge on any atom is -0.469 e. The van der Waals surface area contributed by atoms with E-state index in [1.54, 1.807) is 31.6 Å². The Balaban J connectivity index is 1.87. The largest absolute Gasteiger partial charge is 0.469 e. The quantitative estimate of drug-likeness (QED) is 0.322. The van der Waals surface area contributed by atoms with E-state index in [4.69, 9.17) is 13.6 Å². The molecular weight excluding hydrogens is 334 g/mol. The highest BCUT2D eigenvalue weighted by molar-refractivity contribution is 5.79. The van der Waals surface area contributed by atoms with Crippen molar-refractivity contribution in [2.45, 2.75) is 32.3 Å². The van der Waals surface area contributed by atoms with Gasteiger partial charge in [0, 0.05) is 32.7 Å². The molecule has 0 aromatic carbocycles. The van der Waals surface area contributed by atoms with Crippen LogP contribution in [0, 0.1) is 0 Å². The van der Waals surface area contributed by atoms with Crippen molar-refractivity contribution in [2.75, 3.05) is 32.8 Å². The van der Waals surface area contributed by atoms with E-state index in [-0.39, 0.29) is 6.54 Å². The minimum atomic E-state index is -1.16. The van der Waals surface area contributed by atoms with Gasteiger partial charge in [-0.3, -0.25) is 0 Å². The summed E-state index contributed by atoms with van der Waals surface area (Å²) in [5.41, 5.74) is -1.16. The Morgan fingerprint density at radius 3 is 2.65 bits per heavy atom. The van der Waals surface area contributed by atoms with Crippen LogP contribution < -0.4 is 10.6 Å². The highest BCUT2D eigenvalue weighted by Crippen LogP contribution is 2.20. The Morgan fingerprint density at radius 2 is 1.96 bits per heavy atom. The second-order valence-corrected chi connectivity index (χ2v) is 6.15.